The van der Waals surface area contributed by atoms with Crippen molar-refractivity contribution in [2.24, 2.45) is 5.92 Å². The lowest BCUT2D eigenvalue weighted by Crippen LogP contribution is -2.51. The van der Waals surface area contributed by atoms with Crippen molar-refractivity contribution in [3.05, 3.63) is 90.2 Å². The molecule has 10 heteroatoms. The van der Waals surface area contributed by atoms with Gasteiger partial charge in [-0.3, -0.25) is 13.9 Å². The highest BCUT2D eigenvalue weighted by molar-refractivity contribution is 7.92. The highest BCUT2D eigenvalue weighted by Crippen LogP contribution is 2.26. The predicted octanol–water partition coefficient (Wildman–Crippen LogP) is 4.57. The molecule has 0 aliphatic heterocycles. The highest BCUT2D eigenvalue weighted by Gasteiger charge is 2.30. The van der Waals surface area contributed by atoms with Gasteiger partial charge in [-0.15, -0.1) is 0 Å². The SMILES string of the molecule is CC(C)CNC(=O)C(C)N(Cc1ccccc1F)C(=O)CN(c1ccc(Oc2ccccc2)cc1)S(C)(=O)=O. The minimum atomic E-state index is -3.90. The van der Waals surface area contributed by atoms with Gasteiger partial charge in [-0.25, -0.2) is 12.8 Å². The number of anilines is 1. The number of hydrogen-bond acceptors (Lipinski definition) is 5. The first kappa shape index (κ1) is 29.6. The van der Waals surface area contributed by atoms with Crippen LogP contribution in [0.15, 0.2) is 78.9 Å². The van der Waals surface area contributed by atoms with Crippen molar-refractivity contribution in [1.82, 2.24) is 10.2 Å². The van der Waals surface area contributed by atoms with Gasteiger partial charge in [0.05, 0.1) is 11.9 Å². The molecular formula is C29H34FN3O5S. The molecule has 2 amide bonds. The van der Waals surface area contributed by atoms with Crippen molar-refractivity contribution in [1.29, 1.82) is 0 Å². The molecule has 0 aliphatic rings. The van der Waals surface area contributed by atoms with E-state index in [0.717, 1.165) is 10.6 Å². The third kappa shape index (κ3) is 8.54. The van der Waals surface area contributed by atoms with Crippen LogP contribution in [-0.2, 0) is 26.2 Å². The number of carbonyl (C=O) groups is 2. The smallest absolute Gasteiger partial charge is 0.244 e. The Morgan fingerprint density at radius 2 is 1.49 bits per heavy atom. The first-order valence-corrected chi connectivity index (χ1v) is 14.4. The van der Waals surface area contributed by atoms with E-state index in [-0.39, 0.29) is 23.7 Å². The fraction of sp³-hybridized carbons (Fsp3) is 0.310. The molecule has 1 unspecified atom stereocenters. The van der Waals surface area contributed by atoms with Gasteiger partial charge in [-0.05, 0) is 55.3 Å². The zero-order valence-corrected chi connectivity index (χ0v) is 23.3. The molecule has 3 rings (SSSR count). The molecule has 0 aliphatic carbocycles. The molecule has 3 aromatic rings. The summed E-state index contributed by atoms with van der Waals surface area (Å²) in [5, 5.41) is 2.79. The van der Waals surface area contributed by atoms with Gasteiger partial charge in [-0.1, -0.05) is 50.2 Å². The average molecular weight is 556 g/mol. The first-order valence-electron chi connectivity index (χ1n) is 12.6. The van der Waals surface area contributed by atoms with Crippen LogP contribution >= 0.6 is 0 Å². The Balaban J connectivity index is 1.86. The summed E-state index contributed by atoms with van der Waals surface area (Å²) >= 11 is 0. The number of halogens is 1. The third-order valence-electron chi connectivity index (χ3n) is 5.93. The highest BCUT2D eigenvalue weighted by atomic mass is 32.2. The van der Waals surface area contributed by atoms with Crippen molar-refractivity contribution in [3.8, 4) is 11.5 Å². The maximum Gasteiger partial charge on any atom is 0.244 e. The summed E-state index contributed by atoms with van der Waals surface area (Å²) in [6.07, 6.45) is 0.995. The topological polar surface area (TPSA) is 96.0 Å². The van der Waals surface area contributed by atoms with Gasteiger partial charge in [0.25, 0.3) is 0 Å². The second-order valence-corrected chi connectivity index (χ2v) is 11.5. The summed E-state index contributed by atoms with van der Waals surface area (Å²) in [6, 6.07) is 20.4. The van der Waals surface area contributed by atoms with Gasteiger partial charge in [0.15, 0.2) is 0 Å². The standard InChI is InChI=1S/C29H34FN3O5S/c1-21(2)18-31-29(35)22(3)32(19-23-10-8-9-13-27(23)30)28(34)20-33(39(4,36)37)24-14-16-26(17-15-24)38-25-11-6-5-7-12-25/h5-17,21-22H,18-20H2,1-4H3,(H,31,35). The Kier molecular flexibility index (Phi) is 10.1. The quantitative estimate of drug-likeness (QED) is 0.353. The number of sulfonamides is 1. The molecule has 0 fully saturated rings. The summed E-state index contributed by atoms with van der Waals surface area (Å²) in [5.41, 5.74) is 0.455. The van der Waals surface area contributed by atoms with Crippen molar-refractivity contribution in [3.63, 3.8) is 0 Å². The van der Waals surface area contributed by atoms with Crippen molar-refractivity contribution in [2.75, 3.05) is 23.7 Å². The van der Waals surface area contributed by atoms with Crippen LogP contribution < -0.4 is 14.4 Å². The maximum atomic E-state index is 14.5. The van der Waals surface area contributed by atoms with E-state index < -0.39 is 40.2 Å². The number of nitrogens with zero attached hydrogens (tertiary/aromatic N) is 2. The van der Waals surface area contributed by atoms with Gasteiger partial charge in [-0.2, -0.15) is 0 Å². The zero-order chi connectivity index (χ0) is 28.6. The van der Waals surface area contributed by atoms with E-state index in [1.165, 1.54) is 42.2 Å². The van der Waals surface area contributed by atoms with Crippen LogP contribution in [0.25, 0.3) is 0 Å². The summed E-state index contributed by atoms with van der Waals surface area (Å²) in [4.78, 5) is 27.6. The number of carbonyl (C=O) groups excluding carboxylic acids is 2. The van der Waals surface area contributed by atoms with E-state index in [9.17, 15) is 22.4 Å². The van der Waals surface area contributed by atoms with Crippen LogP contribution in [0.1, 0.15) is 26.3 Å². The first-order chi connectivity index (χ1) is 18.5. The second-order valence-electron chi connectivity index (χ2n) is 9.61. The molecule has 0 radical (unpaired) electrons. The van der Waals surface area contributed by atoms with Gasteiger partial charge in [0.1, 0.15) is 29.9 Å². The second kappa shape index (κ2) is 13.2. The van der Waals surface area contributed by atoms with Crippen LogP contribution in [0.2, 0.25) is 0 Å². The minimum absolute atomic E-state index is 0.187. The number of hydrogen-bond donors (Lipinski definition) is 1. The number of ether oxygens (including phenoxy) is 1. The molecule has 208 valence electrons. The Bertz CT molecular complexity index is 1370. The number of rotatable bonds is 12. The third-order valence-corrected chi connectivity index (χ3v) is 7.07. The summed E-state index contributed by atoms with van der Waals surface area (Å²) in [7, 11) is -3.90. The monoisotopic (exact) mass is 555 g/mol. The van der Waals surface area contributed by atoms with E-state index in [1.807, 2.05) is 32.0 Å². The van der Waals surface area contributed by atoms with Crippen LogP contribution in [0.3, 0.4) is 0 Å². The van der Waals surface area contributed by atoms with Crippen molar-refractivity contribution >= 4 is 27.5 Å². The van der Waals surface area contributed by atoms with E-state index in [0.29, 0.717) is 18.0 Å². The Morgan fingerprint density at radius 1 is 0.897 bits per heavy atom. The zero-order valence-electron chi connectivity index (χ0n) is 22.5. The average Bonchev–Trinajstić information content (AvgIpc) is 2.90. The fourth-order valence-electron chi connectivity index (χ4n) is 3.76. The minimum Gasteiger partial charge on any atom is -0.457 e. The normalized spacial score (nSPS) is 12.1. The number of para-hydroxylation sites is 1. The van der Waals surface area contributed by atoms with Crippen molar-refractivity contribution < 1.29 is 27.1 Å². The molecule has 0 saturated carbocycles. The molecule has 0 bridgehead atoms. The van der Waals surface area contributed by atoms with E-state index in [2.05, 4.69) is 5.32 Å². The lowest BCUT2D eigenvalue weighted by atomic mass is 10.1. The predicted molar refractivity (Wildman–Crippen MR) is 149 cm³/mol. The maximum absolute atomic E-state index is 14.5. The fourth-order valence-corrected chi connectivity index (χ4v) is 4.61. The number of amides is 2. The molecule has 3 aromatic carbocycles. The van der Waals surface area contributed by atoms with Gasteiger partial charge < -0.3 is 15.0 Å². The molecular weight excluding hydrogens is 521 g/mol. The van der Waals surface area contributed by atoms with Crippen LogP contribution in [0, 0.1) is 11.7 Å². The molecule has 1 atom stereocenters. The van der Waals surface area contributed by atoms with Crippen LogP contribution in [0.4, 0.5) is 10.1 Å². The van der Waals surface area contributed by atoms with E-state index in [1.54, 1.807) is 30.3 Å². The van der Waals surface area contributed by atoms with Crippen LogP contribution in [0.5, 0.6) is 11.5 Å². The van der Waals surface area contributed by atoms with Gasteiger partial charge in [0, 0.05) is 18.7 Å². The largest absolute Gasteiger partial charge is 0.457 e. The Hall–Kier alpha value is -3.92. The molecule has 0 saturated heterocycles. The molecule has 8 nitrogen and oxygen atoms in total. The van der Waals surface area contributed by atoms with Crippen LogP contribution in [-0.4, -0.2) is 50.5 Å². The molecule has 39 heavy (non-hydrogen) atoms. The lowest BCUT2D eigenvalue weighted by Gasteiger charge is -2.31. The van der Waals surface area contributed by atoms with E-state index in [4.69, 9.17) is 4.74 Å². The number of nitrogens with one attached hydrogen (secondary N) is 1. The lowest BCUT2D eigenvalue weighted by molar-refractivity contribution is -0.139. The van der Waals surface area contributed by atoms with E-state index >= 15 is 0 Å². The molecule has 1 N–H and O–H groups in total. The summed E-state index contributed by atoms with van der Waals surface area (Å²) in [6.45, 7) is 5.03. The summed E-state index contributed by atoms with van der Waals surface area (Å²) in [5.74, 6) is -0.303. The molecule has 0 spiro atoms. The molecule has 0 aromatic heterocycles. The summed E-state index contributed by atoms with van der Waals surface area (Å²) < 4.78 is 46.7. The number of benzene rings is 3. The van der Waals surface area contributed by atoms with Gasteiger partial charge in [0.2, 0.25) is 21.8 Å². The van der Waals surface area contributed by atoms with Gasteiger partial charge >= 0.3 is 0 Å². The van der Waals surface area contributed by atoms with Crippen molar-refractivity contribution in [2.45, 2.75) is 33.4 Å². The molecule has 0 heterocycles. The Labute approximate surface area is 229 Å². The Morgan fingerprint density at radius 3 is 2.08 bits per heavy atom.